The van der Waals surface area contributed by atoms with E-state index in [1.165, 1.54) is 0 Å². The van der Waals surface area contributed by atoms with Crippen molar-refractivity contribution in [3.05, 3.63) is 23.8 Å². The first-order chi connectivity index (χ1) is 11.4. The van der Waals surface area contributed by atoms with Crippen molar-refractivity contribution < 1.29 is 14.7 Å². The zero-order valence-corrected chi connectivity index (χ0v) is 15.7. The van der Waals surface area contributed by atoms with E-state index in [4.69, 9.17) is 0 Å². The number of aliphatic hydroxyl groups excluding tert-OH is 1. The standard InChI is InChI=1S/C20H25BrO3/c1-19-8-7-16-14(15(19)4-5-17(19)23)3-2-12-10-13(22)6-9-20(12,16)18(24)11-21/h2-3,10,14-16,18,24H,4-9,11H2,1H3/t14-,15-,16-,18?,19-,20?/m0/s1. The fraction of sp³-hybridized carbons (Fsp3) is 0.700. The lowest BCUT2D eigenvalue weighted by molar-refractivity contribution is -0.132. The minimum Gasteiger partial charge on any atom is -0.391 e. The minimum absolute atomic E-state index is 0.169. The Bertz CT molecular complexity index is 651. The predicted molar refractivity (Wildman–Crippen MR) is 95.7 cm³/mol. The molecule has 6 atom stereocenters. The van der Waals surface area contributed by atoms with E-state index in [0.717, 1.165) is 31.3 Å². The smallest absolute Gasteiger partial charge is 0.156 e. The highest BCUT2D eigenvalue weighted by Gasteiger charge is 2.60. The lowest BCUT2D eigenvalue weighted by Crippen LogP contribution is -2.55. The Morgan fingerprint density at radius 3 is 2.79 bits per heavy atom. The van der Waals surface area contributed by atoms with E-state index in [1.807, 2.05) is 0 Å². The molecular formula is C20H25BrO3. The Kier molecular flexibility index (Phi) is 3.92. The number of carbonyl (C=O) groups is 2. The number of alkyl halides is 1. The third-order valence-electron chi connectivity index (χ3n) is 7.58. The van der Waals surface area contributed by atoms with Crippen LogP contribution in [0, 0.1) is 28.6 Å². The van der Waals surface area contributed by atoms with Gasteiger partial charge in [-0.2, -0.15) is 0 Å². The number of allylic oxidation sites excluding steroid dienone is 3. The highest BCUT2D eigenvalue weighted by Crippen LogP contribution is 2.63. The summed E-state index contributed by atoms with van der Waals surface area (Å²) in [4.78, 5) is 24.4. The largest absolute Gasteiger partial charge is 0.391 e. The van der Waals surface area contributed by atoms with Gasteiger partial charge in [-0.25, -0.2) is 0 Å². The maximum absolute atomic E-state index is 12.5. The van der Waals surface area contributed by atoms with Crippen molar-refractivity contribution in [2.75, 3.05) is 5.33 Å². The maximum Gasteiger partial charge on any atom is 0.156 e. The van der Waals surface area contributed by atoms with E-state index >= 15 is 0 Å². The molecule has 0 aliphatic heterocycles. The third kappa shape index (κ3) is 2.05. The van der Waals surface area contributed by atoms with Gasteiger partial charge in [0.2, 0.25) is 0 Å². The minimum atomic E-state index is -0.490. The summed E-state index contributed by atoms with van der Waals surface area (Å²) < 4.78 is 0. The summed E-state index contributed by atoms with van der Waals surface area (Å²) in [6, 6.07) is 0. The average Bonchev–Trinajstić information content (AvgIpc) is 2.89. The van der Waals surface area contributed by atoms with E-state index in [1.54, 1.807) is 6.08 Å². The molecule has 3 nitrogen and oxygen atoms in total. The molecule has 2 fully saturated rings. The van der Waals surface area contributed by atoms with Crippen LogP contribution in [0.1, 0.15) is 45.4 Å². The van der Waals surface area contributed by atoms with Crippen LogP contribution >= 0.6 is 15.9 Å². The predicted octanol–water partition coefficient (Wildman–Crippen LogP) is 3.60. The average molecular weight is 393 g/mol. The van der Waals surface area contributed by atoms with Crippen LogP contribution in [0.25, 0.3) is 0 Å². The van der Waals surface area contributed by atoms with Gasteiger partial charge in [-0.3, -0.25) is 9.59 Å². The van der Waals surface area contributed by atoms with Gasteiger partial charge in [0.05, 0.1) is 6.10 Å². The molecule has 4 heteroatoms. The SMILES string of the molecule is C[C@]12CC[C@H]3[C@@H](C=CC4=CC(=O)CCC43C(O)CBr)[C@@H]1CCC2=O. The highest BCUT2D eigenvalue weighted by molar-refractivity contribution is 9.09. The molecular weight excluding hydrogens is 368 g/mol. The van der Waals surface area contributed by atoms with Gasteiger partial charge >= 0.3 is 0 Å². The summed E-state index contributed by atoms with van der Waals surface area (Å²) in [7, 11) is 0. The molecule has 0 aromatic heterocycles. The van der Waals surface area contributed by atoms with Gasteiger partial charge in [0, 0.05) is 29.0 Å². The molecule has 4 aliphatic carbocycles. The van der Waals surface area contributed by atoms with Gasteiger partial charge in [-0.1, -0.05) is 35.0 Å². The lowest BCUT2D eigenvalue weighted by atomic mass is 9.47. The zero-order valence-electron chi connectivity index (χ0n) is 14.1. The van der Waals surface area contributed by atoms with Crippen molar-refractivity contribution in [3.8, 4) is 0 Å². The summed E-state index contributed by atoms with van der Waals surface area (Å²) in [6.07, 6.45) is 10.4. The Morgan fingerprint density at radius 1 is 1.25 bits per heavy atom. The molecule has 2 saturated carbocycles. The highest BCUT2D eigenvalue weighted by atomic mass is 79.9. The van der Waals surface area contributed by atoms with Crippen molar-refractivity contribution >= 4 is 27.5 Å². The molecule has 0 aromatic carbocycles. The van der Waals surface area contributed by atoms with Gasteiger partial charge < -0.3 is 5.11 Å². The van der Waals surface area contributed by atoms with E-state index in [2.05, 4.69) is 35.0 Å². The summed E-state index contributed by atoms with van der Waals surface area (Å²) >= 11 is 3.47. The third-order valence-corrected chi connectivity index (χ3v) is 8.19. The van der Waals surface area contributed by atoms with Gasteiger partial charge in [0.1, 0.15) is 5.78 Å². The maximum atomic E-state index is 12.5. The van der Waals surface area contributed by atoms with Gasteiger partial charge in [0.15, 0.2) is 5.78 Å². The van der Waals surface area contributed by atoms with Gasteiger partial charge in [0.25, 0.3) is 0 Å². The van der Waals surface area contributed by atoms with Crippen LogP contribution in [0.15, 0.2) is 23.8 Å². The fourth-order valence-corrected chi connectivity index (χ4v) is 6.83. The van der Waals surface area contributed by atoms with Crippen LogP contribution in [-0.2, 0) is 9.59 Å². The molecule has 2 unspecified atom stereocenters. The number of fused-ring (bicyclic) bond motifs is 5. The first-order valence-corrected chi connectivity index (χ1v) is 10.3. The monoisotopic (exact) mass is 392 g/mol. The van der Waals surface area contributed by atoms with E-state index in [0.29, 0.717) is 41.7 Å². The van der Waals surface area contributed by atoms with E-state index in [-0.39, 0.29) is 16.6 Å². The molecule has 0 amide bonds. The van der Waals surface area contributed by atoms with Crippen molar-refractivity contribution in [3.63, 3.8) is 0 Å². The Morgan fingerprint density at radius 2 is 2.04 bits per heavy atom. The molecule has 1 N–H and O–H groups in total. The van der Waals surface area contributed by atoms with Crippen LogP contribution in [0.2, 0.25) is 0 Å². The molecule has 24 heavy (non-hydrogen) atoms. The van der Waals surface area contributed by atoms with E-state index < -0.39 is 6.10 Å². The zero-order chi connectivity index (χ0) is 17.1. The molecule has 4 rings (SSSR count). The number of hydrogen-bond donors (Lipinski definition) is 1. The Hall–Kier alpha value is -0.740. The molecule has 4 aliphatic rings. The molecule has 130 valence electrons. The van der Waals surface area contributed by atoms with Crippen molar-refractivity contribution in [2.45, 2.75) is 51.6 Å². The Balaban J connectivity index is 1.81. The number of aliphatic hydroxyl groups is 1. The van der Waals surface area contributed by atoms with Gasteiger partial charge in [-0.05, 0) is 55.1 Å². The molecule has 0 spiro atoms. The number of ketones is 2. The topological polar surface area (TPSA) is 54.4 Å². The van der Waals surface area contributed by atoms with Crippen molar-refractivity contribution in [1.82, 2.24) is 0 Å². The molecule has 0 aromatic rings. The summed E-state index contributed by atoms with van der Waals surface area (Å²) in [5, 5.41) is 11.5. The van der Waals surface area contributed by atoms with Crippen molar-refractivity contribution in [2.24, 2.45) is 28.6 Å². The first kappa shape index (κ1) is 16.7. The normalized spacial score (nSPS) is 45.3. The molecule has 0 radical (unpaired) electrons. The summed E-state index contributed by atoms with van der Waals surface area (Å²) in [6.45, 7) is 2.15. The number of carbonyl (C=O) groups excluding carboxylic acids is 2. The summed E-state index contributed by atoms with van der Waals surface area (Å²) in [5.41, 5.74) is 0.501. The second-order valence-corrected chi connectivity index (χ2v) is 8.99. The van der Waals surface area contributed by atoms with Crippen LogP contribution < -0.4 is 0 Å². The van der Waals surface area contributed by atoms with Crippen LogP contribution in [0.4, 0.5) is 0 Å². The molecule has 0 saturated heterocycles. The molecule has 0 heterocycles. The van der Waals surface area contributed by atoms with Crippen LogP contribution in [0.3, 0.4) is 0 Å². The number of Topliss-reactive ketones (excluding diaryl/α,β-unsaturated/α-hetero) is 1. The second kappa shape index (κ2) is 5.63. The number of halogens is 1. The van der Waals surface area contributed by atoms with Crippen LogP contribution in [-0.4, -0.2) is 28.1 Å². The molecule has 0 bridgehead atoms. The van der Waals surface area contributed by atoms with Crippen LogP contribution in [0.5, 0.6) is 0 Å². The second-order valence-electron chi connectivity index (χ2n) is 8.34. The van der Waals surface area contributed by atoms with Crippen molar-refractivity contribution in [1.29, 1.82) is 0 Å². The fourth-order valence-electron chi connectivity index (χ4n) is 6.25. The number of hydrogen-bond acceptors (Lipinski definition) is 3. The lowest BCUT2D eigenvalue weighted by Gasteiger charge is -2.57. The quantitative estimate of drug-likeness (QED) is 0.730. The first-order valence-electron chi connectivity index (χ1n) is 9.14. The Labute approximate surface area is 151 Å². The van der Waals surface area contributed by atoms with E-state index in [9.17, 15) is 14.7 Å². The van der Waals surface area contributed by atoms with Gasteiger partial charge in [-0.15, -0.1) is 0 Å². The summed E-state index contributed by atoms with van der Waals surface area (Å²) in [5.74, 6) is 1.66. The number of rotatable bonds is 2.